The van der Waals surface area contributed by atoms with Gasteiger partial charge in [0.15, 0.2) is 17.8 Å². The zero-order valence-electron chi connectivity index (χ0n) is 12.4. The van der Waals surface area contributed by atoms with Gasteiger partial charge in [-0.05, 0) is 44.4 Å². The maximum atomic E-state index is 6.00. The van der Waals surface area contributed by atoms with Crippen molar-refractivity contribution >= 4 is 11.6 Å². The smallest absolute Gasteiger partial charge is 0.168 e. The van der Waals surface area contributed by atoms with Crippen LogP contribution >= 0.6 is 11.6 Å². The van der Waals surface area contributed by atoms with Crippen molar-refractivity contribution in [1.29, 1.82) is 0 Å². The van der Waals surface area contributed by atoms with Crippen LogP contribution in [0.1, 0.15) is 56.8 Å². The average Bonchev–Trinajstić information content (AvgIpc) is 3.21. The van der Waals surface area contributed by atoms with Gasteiger partial charge in [-0.1, -0.05) is 24.6 Å². The molecule has 0 N–H and O–H groups in total. The SMILES string of the molecule is CCCn1nc(C2CC2)nc1[C@H](C)Oc1cccc(Cl)c1. The second-order valence-electron chi connectivity index (χ2n) is 5.54. The Morgan fingerprint density at radius 3 is 2.90 bits per heavy atom. The molecule has 1 atom stereocenters. The molecule has 1 aliphatic rings. The van der Waals surface area contributed by atoms with E-state index in [9.17, 15) is 0 Å². The van der Waals surface area contributed by atoms with Gasteiger partial charge in [-0.2, -0.15) is 5.10 Å². The van der Waals surface area contributed by atoms with Crippen LogP contribution < -0.4 is 4.74 Å². The summed E-state index contributed by atoms with van der Waals surface area (Å²) in [5.41, 5.74) is 0. The Bertz CT molecular complexity index is 622. The standard InChI is InChI=1S/C16H20ClN3O/c1-3-9-20-16(18-15(19-20)12-7-8-12)11(2)21-14-6-4-5-13(17)10-14/h4-6,10-12H,3,7-9H2,1-2H3/t11-/m0/s1. The molecule has 4 nitrogen and oxygen atoms in total. The number of aromatic nitrogens is 3. The van der Waals surface area contributed by atoms with Crippen molar-refractivity contribution in [3.05, 3.63) is 40.9 Å². The summed E-state index contributed by atoms with van der Waals surface area (Å²) in [5.74, 6) is 3.19. The van der Waals surface area contributed by atoms with E-state index in [4.69, 9.17) is 21.3 Å². The maximum Gasteiger partial charge on any atom is 0.168 e. The minimum absolute atomic E-state index is 0.144. The maximum absolute atomic E-state index is 6.00. The highest BCUT2D eigenvalue weighted by atomic mass is 35.5. The molecule has 0 bridgehead atoms. The normalized spacial score (nSPS) is 16.0. The highest BCUT2D eigenvalue weighted by Gasteiger charge is 2.30. The molecule has 1 heterocycles. The zero-order valence-corrected chi connectivity index (χ0v) is 13.2. The molecule has 21 heavy (non-hydrogen) atoms. The van der Waals surface area contributed by atoms with E-state index in [2.05, 4.69) is 12.0 Å². The van der Waals surface area contributed by atoms with Gasteiger partial charge < -0.3 is 4.74 Å². The van der Waals surface area contributed by atoms with Gasteiger partial charge >= 0.3 is 0 Å². The Kier molecular flexibility index (Phi) is 4.15. The minimum Gasteiger partial charge on any atom is -0.483 e. The van der Waals surface area contributed by atoms with Gasteiger partial charge in [0.05, 0.1) is 0 Å². The lowest BCUT2D eigenvalue weighted by Crippen LogP contribution is -2.12. The van der Waals surface area contributed by atoms with E-state index < -0.39 is 0 Å². The highest BCUT2D eigenvalue weighted by molar-refractivity contribution is 6.30. The molecule has 0 spiro atoms. The Morgan fingerprint density at radius 1 is 1.43 bits per heavy atom. The van der Waals surface area contributed by atoms with Gasteiger partial charge in [0.25, 0.3) is 0 Å². The van der Waals surface area contributed by atoms with Gasteiger partial charge in [0, 0.05) is 17.5 Å². The van der Waals surface area contributed by atoms with Crippen LogP contribution in [0.5, 0.6) is 5.75 Å². The van der Waals surface area contributed by atoms with Crippen LogP contribution in [0.2, 0.25) is 5.02 Å². The highest BCUT2D eigenvalue weighted by Crippen LogP contribution is 2.38. The third-order valence-corrected chi connectivity index (χ3v) is 3.80. The first-order valence-corrected chi connectivity index (χ1v) is 7.92. The first-order chi connectivity index (χ1) is 10.2. The molecular formula is C16H20ClN3O. The molecule has 0 unspecified atom stereocenters. The fraction of sp³-hybridized carbons (Fsp3) is 0.500. The van der Waals surface area contributed by atoms with Crippen molar-refractivity contribution in [2.75, 3.05) is 0 Å². The van der Waals surface area contributed by atoms with E-state index in [-0.39, 0.29) is 6.10 Å². The van der Waals surface area contributed by atoms with Crippen LogP contribution in [0.25, 0.3) is 0 Å². The predicted molar refractivity (Wildman–Crippen MR) is 82.8 cm³/mol. The van der Waals surface area contributed by atoms with Crippen LogP contribution in [-0.2, 0) is 6.54 Å². The van der Waals surface area contributed by atoms with E-state index >= 15 is 0 Å². The van der Waals surface area contributed by atoms with Gasteiger partial charge in [-0.3, -0.25) is 0 Å². The van der Waals surface area contributed by atoms with Crippen LogP contribution in [0.15, 0.2) is 24.3 Å². The number of hydrogen-bond donors (Lipinski definition) is 0. The van der Waals surface area contributed by atoms with Crippen LogP contribution in [0.4, 0.5) is 0 Å². The van der Waals surface area contributed by atoms with Crippen molar-refractivity contribution in [3.63, 3.8) is 0 Å². The number of ether oxygens (including phenoxy) is 1. The van der Waals surface area contributed by atoms with Crippen molar-refractivity contribution < 1.29 is 4.74 Å². The lowest BCUT2D eigenvalue weighted by Gasteiger charge is -2.15. The van der Waals surface area contributed by atoms with Crippen LogP contribution in [0, 0.1) is 0 Å². The van der Waals surface area contributed by atoms with Gasteiger partial charge in [0.2, 0.25) is 0 Å². The van der Waals surface area contributed by atoms with E-state index in [1.165, 1.54) is 12.8 Å². The summed E-state index contributed by atoms with van der Waals surface area (Å²) in [7, 11) is 0. The summed E-state index contributed by atoms with van der Waals surface area (Å²) >= 11 is 6.00. The molecule has 0 saturated heterocycles. The van der Waals surface area contributed by atoms with Gasteiger partial charge in [-0.25, -0.2) is 9.67 Å². The van der Waals surface area contributed by atoms with Crippen molar-refractivity contribution in [1.82, 2.24) is 14.8 Å². The van der Waals surface area contributed by atoms with E-state index in [0.717, 1.165) is 30.4 Å². The zero-order chi connectivity index (χ0) is 14.8. The summed E-state index contributed by atoms with van der Waals surface area (Å²) < 4.78 is 7.96. The van der Waals surface area contributed by atoms with Crippen molar-refractivity contribution in [2.24, 2.45) is 0 Å². The number of hydrogen-bond acceptors (Lipinski definition) is 3. The van der Waals surface area contributed by atoms with E-state index in [1.54, 1.807) is 0 Å². The van der Waals surface area contributed by atoms with Gasteiger partial charge in [0.1, 0.15) is 5.75 Å². The lowest BCUT2D eigenvalue weighted by molar-refractivity contribution is 0.208. The summed E-state index contributed by atoms with van der Waals surface area (Å²) in [5, 5.41) is 5.32. The summed E-state index contributed by atoms with van der Waals surface area (Å²) in [6.07, 6.45) is 3.30. The molecule has 112 valence electrons. The predicted octanol–water partition coefficient (Wildman–Crippen LogP) is 4.36. The van der Waals surface area contributed by atoms with Crippen LogP contribution in [0.3, 0.4) is 0 Å². The monoisotopic (exact) mass is 305 g/mol. The Hall–Kier alpha value is -1.55. The third-order valence-electron chi connectivity index (χ3n) is 3.57. The van der Waals surface area contributed by atoms with Crippen LogP contribution in [-0.4, -0.2) is 14.8 Å². The molecule has 1 aromatic heterocycles. The summed E-state index contributed by atoms with van der Waals surface area (Å²) in [4.78, 5) is 4.70. The number of benzene rings is 1. The molecule has 3 rings (SSSR count). The van der Waals surface area contributed by atoms with E-state index in [1.807, 2.05) is 35.9 Å². The first kappa shape index (κ1) is 14.4. The minimum atomic E-state index is -0.144. The Morgan fingerprint density at radius 2 is 2.24 bits per heavy atom. The van der Waals surface area contributed by atoms with Crippen molar-refractivity contribution in [2.45, 2.75) is 51.7 Å². The first-order valence-electron chi connectivity index (χ1n) is 7.54. The van der Waals surface area contributed by atoms with E-state index in [0.29, 0.717) is 10.9 Å². The number of nitrogens with zero attached hydrogens (tertiary/aromatic N) is 3. The van der Waals surface area contributed by atoms with Gasteiger partial charge in [-0.15, -0.1) is 0 Å². The van der Waals surface area contributed by atoms with Crippen molar-refractivity contribution in [3.8, 4) is 5.75 Å². The molecule has 1 aliphatic carbocycles. The molecule has 1 fully saturated rings. The summed E-state index contributed by atoms with van der Waals surface area (Å²) in [6, 6.07) is 7.45. The largest absolute Gasteiger partial charge is 0.483 e. The average molecular weight is 306 g/mol. The molecule has 0 aliphatic heterocycles. The Balaban J connectivity index is 1.80. The number of rotatable bonds is 6. The molecular weight excluding hydrogens is 286 g/mol. The summed E-state index contributed by atoms with van der Waals surface area (Å²) in [6.45, 7) is 5.02. The molecule has 0 amide bonds. The molecule has 5 heteroatoms. The molecule has 2 aromatic rings. The fourth-order valence-electron chi connectivity index (χ4n) is 2.36. The molecule has 1 saturated carbocycles. The number of aryl methyl sites for hydroxylation is 1. The molecule has 1 aromatic carbocycles. The second-order valence-corrected chi connectivity index (χ2v) is 5.98. The Labute approximate surface area is 130 Å². The lowest BCUT2D eigenvalue weighted by atomic mass is 10.3. The topological polar surface area (TPSA) is 39.9 Å². The fourth-order valence-corrected chi connectivity index (χ4v) is 2.54. The quantitative estimate of drug-likeness (QED) is 0.796. The number of halogens is 1. The molecule has 0 radical (unpaired) electrons. The second kappa shape index (κ2) is 6.06. The third kappa shape index (κ3) is 3.38.